The molecule has 2 amide bonds. The third kappa shape index (κ3) is 3.06. The number of carbonyl (C=O) groups excluding carboxylic acids is 1. The van der Waals surface area contributed by atoms with Crippen molar-refractivity contribution in [2.75, 3.05) is 18.5 Å². The van der Waals surface area contributed by atoms with Crippen LogP contribution in [0.3, 0.4) is 0 Å². The summed E-state index contributed by atoms with van der Waals surface area (Å²) >= 11 is 0. The Bertz CT molecular complexity index is 937. The van der Waals surface area contributed by atoms with Gasteiger partial charge in [0.2, 0.25) is 0 Å². The molecule has 2 heterocycles. The van der Waals surface area contributed by atoms with Gasteiger partial charge in [0.05, 0.1) is 24.6 Å². The zero-order valence-electron chi connectivity index (χ0n) is 14.3. The van der Waals surface area contributed by atoms with Gasteiger partial charge in [0, 0.05) is 24.4 Å². The Hall–Kier alpha value is -3.15. The summed E-state index contributed by atoms with van der Waals surface area (Å²) in [5, 5.41) is 2.59. The summed E-state index contributed by atoms with van der Waals surface area (Å²) in [5.74, 6) is 0.456. The first-order chi connectivity index (χ1) is 12.6. The highest BCUT2D eigenvalue weighted by molar-refractivity contribution is 6.06. The maximum atomic E-state index is 13.8. The van der Waals surface area contributed by atoms with Crippen LogP contribution in [-0.2, 0) is 6.42 Å². The lowest BCUT2D eigenvalue weighted by Gasteiger charge is -2.23. The number of rotatable bonds is 2. The quantitative estimate of drug-likeness (QED) is 0.893. The minimum absolute atomic E-state index is 0.154. The number of nitrogens with one attached hydrogen (secondary N) is 1. The first-order valence-electron chi connectivity index (χ1n) is 8.44. The lowest BCUT2D eigenvalue weighted by molar-refractivity contribution is 0.232. The van der Waals surface area contributed by atoms with Crippen molar-refractivity contribution in [1.82, 2.24) is 4.90 Å². The van der Waals surface area contributed by atoms with E-state index in [4.69, 9.17) is 4.74 Å². The first kappa shape index (κ1) is 16.3. The standard InChI is InChI=1S/C20H18FN3O2/c1-13-10-19-14(6-9-26-19)11-15(13)18-12-24(8-7-22-18)20(25)23-17-5-3-2-4-16(17)21/h2-5,7-8,10-11H,6,9,12H2,1H3,(H,23,25). The fraction of sp³-hybridized carbons (Fsp3) is 0.200. The average Bonchev–Trinajstić information content (AvgIpc) is 3.10. The number of aryl methyl sites for hydroxylation is 1. The SMILES string of the molecule is Cc1cc2c(cc1C1=NC=CN(C(=O)Nc3ccccc3F)C1)CCO2. The highest BCUT2D eigenvalue weighted by atomic mass is 19.1. The van der Waals surface area contributed by atoms with E-state index in [0.29, 0.717) is 13.2 Å². The lowest BCUT2D eigenvalue weighted by Crippen LogP contribution is -2.36. The van der Waals surface area contributed by atoms with E-state index in [1.54, 1.807) is 24.5 Å². The van der Waals surface area contributed by atoms with Crippen LogP contribution < -0.4 is 10.1 Å². The third-order valence-electron chi connectivity index (χ3n) is 4.52. The van der Waals surface area contributed by atoms with Gasteiger partial charge in [-0.05, 0) is 42.3 Å². The van der Waals surface area contributed by atoms with Crippen molar-refractivity contribution in [3.8, 4) is 5.75 Å². The van der Waals surface area contributed by atoms with E-state index in [1.807, 2.05) is 13.0 Å². The Morgan fingerprint density at radius 3 is 3.00 bits per heavy atom. The molecule has 6 heteroatoms. The van der Waals surface area contributed by atoms with Gasteiger partial charge in [0.15, 0.2) is 0 Å². The van der Waals surface area contributed by atoms with Crippen LogP contribution in [0.4, 0.5) is 14.9 Å². The Morgan fingerprint density at radius 2 is 2.15 bits per heavy atom. The zero-order valence-corrected chi connectivity index (χ0v) is 14.3. The van der Waals surface area contributed by atoms with Crippen molar-refractivity contribution < 1.29 is 13.9 Å². The number of urea groups is 1. The summed E-state index contributed by atoms with van der Waals surface area (Å²) in [6, 6.07) is 9.79. The number of fused-ring (bicyclic) bond motifs is 1. The van der Waals surface area contributed by atoms with Gasteiger partial charge in [-0.3, -0.25) is 9.89 Å². The largest absolute Gasteiger partial charge is 0.493 e. The lowest BCUT2D eigenvalue weighted by atomic mass is 9.99. The summed E-state index contributed by atoms with van der Waals surface area (Å²) < 4.78 is 19.3. The minimum Gasteiger partial charge on any atom is -0.493 e. The highest BCUT2D eigenvalue weighted by Gasteiger charge is 2.22. The Balaban J connectivity index is 1.53. The van der Waals surface area contributed by atoms with E-state index in [0.717, 1.165) is 34.6 Å². The molecule has 26 heavy (non-hydrogen) atoms. The van der Waals surface area contributed by atoms with Gasteiger partial charge >= 0.3 is 6.03 Å². The molecule has 5 nitrogen and oxygen atoms in total. The van der Waals surface area contributed by atoms with E-state index in [9.17, 15) is 9.18 Å². The van der Waals surface area contributed by atoms with Crippen molar-refractivity contribution in [3.05, 3.63) is 71.3 Å². The van der Waals surface area contributed by atoms with E-state index in [-0.39, 0.29) is 5.69 Å². The number of carbonyl (C=O) groups is 1. The fourth-order valence-electron chi connectivity index (χ4n) is 3.14. The highest BCUT2D eigenvalue weighted by Crippen LogP contribution is 2.29. The summed E-state index contributed by atoms with van der Waals surface area (Å²) in [7, 11) is 0. The molecular weight excluding hydrogens is 333 g/mol. The van der Waals surface area contributed by atoms with Gasteiger partial charge in [-0.15, -0.1) is 0 Å². The Labute approximate surface area is 150 Å². The first-order valence-corrected chi connectivity index (χ1v) is 8.44. The molecule has 2 aliphatic heterocycles. The normalized spacial score (nSPS) is 15.3. The molecule has 2 aromatic rings. The number of hydrogen-bond acceptors (Lipinski definition) is 3. The van der Waals surface area contributed by atoms with E-state index in [1.165, 1.54) is 17.0 Å². The monoisotopic (exact) mass is 351 g/mol. The number of aliphatic imine (C=N–C) groups is 1. The molecule has 0 saturated carbocycles. The summed E-state index contributed by atoms with van der Waals surface area (Å²) in [4.78, 5) is 18.4. The van der Waals surface area contributed by atoms with Gasteiger partial charge in [-0.25, -0.2) is 9.18 Å². The van der Waals surface area contributed by atoms with Crippen molar-refractivity contribution in [2.45, 2.75) is 13.3 Å². The molecule has 0 fully saturated rings. The smallest absolute Gasteiger partial charge is 0.326 e. The third-order valence-corrected chi connectivity index (χ3v) is 4.52. The number of amides is 2. The minimum atomic E-state index is -0.467. The number of para-hydroxylation sites is 1. The van der Waals surface area contributed by atoms with Crippen LogP contribution in [-0.4, -0.2) is 29.8 Å². The van der Waals surface area contributed by atoms with Gasteiger partial charge in [-0.1, -0.05) is 12.1 Å². The summed E-state index contributed by atoms with van der Waals surface area (Å²) in [6.45, 7) is 3.01. The van der Waals surface area contributed by atoms with Gasteiger partial charge in [0.25, 0.3) is 0 Å². The zero-order chi connectivity index (χ0) is 18.1. The summed E-state index contributed by atoms with van der Waals surface area (Å²) in [5.41, 5.74) is 4.16. The Morgan fingerprint density at radius 1 is 1.31 bits per heavy atom. The summed E-state index contributed by atoms with van der Waals surface area (Å²) in [6.07, 6.45) is 4.05. The van der Waals surface area contributed by atoms with Crippen molar-refractivity contribution in [1.29, 1.82) is 0 Å². The van der Waals surface area contributed by atoms with Crippen LogP contribution in [0.5, 0.6) is 5.75 Å². The van der Waals surface area contributed by atoms with E-state index < -0.39 is 11.8 Å². The molecular formula is C20H18FN3O2. The molecule has 2 aliphatic rings. The van der Waals surface area contributed by atoms with Crippen molar-refractivity contribution >= 4 is 17.4 Å². The molecule has 132 valence electrons. The van der Waals surface area contributed by atoms with Crippen LogP contribution in [0, 0.1) is 12.7 Å². The molecule has 0 aromatic heterocycles. The predicted molar refractivity (Wildman–Crippen MR) is 98.2 cm³/mol. The topological polar surface area (TPSA) is 53.9 Å². The average molecular weight is 351 g/mol. The molecule has 1 N–H and O–H groups in total. The Kier molecular flexibility index (Phi) is 4.16. The number of nitrogens with zero attached hydrogens (tertiary/aromatic N) is 2. The molecule has 0 spiro atoms. The molecule has 2 aromatic carbocycles. The fourth-order valence-corrected chi connectivity index (χ4v) is 3.14. The molecule has 0 radical (unpaired) electrons. The maximum Gasteiger partial charge on any atom is 0.326 e. The van der Waals surface area contributed by atoms with E-state index >= 15 is 0 Å². The second-order valence-corrected chi connectivity index (χ2v) is 6.29. The second-order valence-electron chi connectivity index (χ2n) is 6.29. The van der Waals surface area contributed by atoms with Crippen molar-refractivity contribution in [2.24, 2.45) is 4.99 Å². The number of halogens is 1. The van der Waals surface area contributed by atoms with Crippen LogP contribution >= 0.6 is 0 Å². The van der Waals surface area contributed by atoms with Crippen molar-refractivity contribution in [3.63, 3.8) is 0 Å². The molecule has 0 aliphatic carbocycles. The number of ether oxygens (including phenoxy) is 1. The van der Waals surface area contributed by atoms with Crippen LogP contribution in [0.2, 0.25) is 0 Å². The molecule has 0 atom stereocenters. The van der Waals surface area contributed by atoms with E-state index in [2.05, 4.69) is 16.4 Å². The van der Waals surface area contributed by atoms with Gasteiger partial charge < -0.3 is 10.1 Å². The number of anilines is 1. The number of hydrogen-bond donors (Lipinski definition) is 1. The molecule has 0 saturated heterocycles. The number of benzene rings is 2. The second kappa shape index (κ2) is 6.63. The molecule has 4 rings (SSSR count). The van der Waals surface area contributed by atoms with Gasteiger partial charge in [0.1, 0.15) is 11.6 Å². The molecule has 0 unspecified atom stereocenters. The van der Waals surface area contributed by atoms with Gasteiger partial charge in [-0.2, -0.15) is 0 Å². The predicted octanol–water partition coefficient (Wildman–Crippen LogP) is 3.88. The van der Waals surface area contributed by atoms with Crippen LogP contribution in [0.25, 0.3) is 0 Å². The molecule has 0 bridgehead atoms. The van der Waals surface area contributed by atoms with Crippen LogP contribution in [0.15, 0.2) is 53.8 Å². The maximum absolute atomic E-state index is 13.8. The van der Waals surface area contributed by atoms with Crippen LogP contribution in [0.1, 0.15) is 16.7 Å².